The van der Waals surface area contributed by atoms with Crippen molar-refractivity contribution in [1.82, 2.24) is 9.78 Å². The van der Waals surface area contributed by atoms with E-state index in [0.29, 0.717) is 12.2 Å². The number of rotatable bonds is 3. The zero-order valence-electron chi connectivity index (χ0n) is 9.42. The van der Waals surface area contributed by atoms with E-state index in [-0.39, 0.29) is 5.56 Å². The molecule has 0 spiro atoms. The van der Waals surface area contributed by atoms with Crippen LogP contribution in [0.5, 0.6) is 0 Å². The van der Waals surface area contributed by atoms with Crippen molar-refractivity contribution >= 4 is 5.97 Å². The summed E-state index contributed by atoms with van der Waals surface area (Å²) in [5.74, 6) is -0.949. The molecule has 0 aliphatic rings. The first-order chi connectivity index (χ1) is 8.11. The van der Waals surface area contributed by atoms with Gasteiger partial charge in [0.25, 0.3) is 0 Å². The fourth-order valence-electron chi connectivity index (χ4n) is 1.61. The summed E-state index contributed by atoms with van der Waals surface area (Å²) in [7, 11) is 0. The van der Waals surface area contributed by atoms with Gasteiger partial charge in [0, 0.05) is 18.3 Å². The Kier molecular flexibility index (Phi) is 2.93. The maximum Gasteiger partial charge on any atom is 0.335 e. The molecular weight excluding hydrogens is 218 g/mol. The molecule has 0 atom stereocenters. The van der Waals surface area contributed by atoms with Crippen LogP contribution in [-0.2, 0) is 6.54 Å². The number of aromatic nitrogens is 2. The van der Waals surface area contributed by atoms with E-state index in [0.717, 1.165) is 11.3 Å². The molecule has 0 amide bonds. The summed E-state index contributed by atoms with van der Waals surface area (Å²) in [4.78, 5) is 10.9. The minimum absolute atomic E-state index is 0.241. The molecule has 0 unspecified atom stereocenters. The van der Waals surface area contributed by atoms with E-state index >= 15 is 0 Å². The lowest BCUT2D eigenvalue weighted by Gasteiger charge is -2.02. The number of benzene rings is 1. The Hall–Kier alpha value is -2.14. The van der Waals surface area contributed by atoms with Crippen LogP contribution in [0, 0.1) is 6.92 Å². The number of carboxylic acids is 1. The molecule has 0 saturated heterocycles. The van der Waals surface area contributed by atoms with E-state index in [1.807, 2.05) is 13.1 Å². The van der Waals surface area contributed by atoms with E-state index in [9.17, 15) is 4.79 Å². The summed E-state index contributed by atoms with van der Waals surface area (Å²) in [5.41, 5.74) is 8.33. The Labute approximate surface area is 98.5 Å². The first-order valence-electron chi connectivity index (χ1n) is 5.20. The maximum atomic E-state index is 10.9. The Morgan fingerprint density at radius 1 is 1.53 bits per heavy atom. The molecule has 1 aromatic heterocycles. The lowest BCUT2D eigenvalue weighted by molar-refractivity contribution is 0.0697. The van der Waals surface area contributed by atoms with Crippen molar-refractivity contribution in [2.75, 3.05) is 0 Å². The molecule has 0 fully saturated rings. The van der Waals surface area contributed by atoms with Crippen molar-refractivity contribution in [1.29, 1.82) is 0 Å². The molecule has 0 saturated carbocycles. The van der Waals surface area contributed by atoms with Gasteiger partial charge in [0.2, 0.25) is 0 Å². The van der Waals surface area contributed by atoms with Gasteiger partial charge >= 0.3 is 5.97 Å². The molecule has 0 bridgehead atoms. The fraction of sp³-hybridized carbons (Fsp3) is 0.167. The number of hydrogen-bond acceptors (Lipinski definition) is 3. The zero-order chi connectivity index (χ0) is 12.4. The second kappa shape index (κ2) is 4.39. The van der Waals surface area contributed by atoms with Gasteiger partial charge in [-0.05, 0) is 25.1 Å². The van der Waals surface area contributed by atoms with E-state index in [1.54, 1.807) is 28.9 Å². The van der Waals surface area contributed by atoms with Crippen LogP contribution in [0.15, 0.2) is 30.5 Å². The smallest absolute Gasteiger partial charge is 0.335 e. The van der Waals surface area contributed by atoms with Crippen molar-refractivity contribution < 1.29 is 9.90 Å². The van der Waals surface area contributed by atoms with Crippen molar-refractivity contribution in [3.63, 3.8) is 0 Å². The molecule has 1 aromatic carbocycles. The Morgan fingerprint density at radius 3 is 2.88 bits per heavy atom. The van der Waals surface area contributed by atoms with Gasteiger partial charge in [-0.1, -0.05) is 6.07 Å². The molecule has 5 heteroatoms. The quantitative estimate of drug-likeness (QED) is 0.835. The van der Waals surface area contributed by atoms with Crippen LogP contribution < -0.4 is 5.73 Å². The van der Waals surface area contributed by atoms with Gasteiger partial charge in [-0.2, -0.15) is 5.10 Å². The second-order valence-electron chi connectivity index (χ2n) is 3.74. The third-order valence-corrected chi connectivity index (χ3v) is 2.58. The minimum Gasteiger partial charge on any atom is -0.478 e. The summed E-state index contributed by atoms with van der Waals surface area (Å²) in [6.45, 7) is 2.30. The van der Waals surface area contributed by atoms with E-state index in [1.165, 1.54) is 0 Å². The van der Waals surface area contributed by atoms with Crippen LogP contribution >= 0.6 is 0 Å². The van der Waals surface area contributed by atoms with Gasteiger partial charge in [-0.3, -0.25) is 0 Å². The lowest BCUT2D eigenvalue weighted by Crippen LogP contribution is -2.00. The summed E-state index contributed by atoms with van der Waals surface area (Å²) in [6.07, 6.45) is 1.82. The van der Waals surface area contributed by atoms with Gasteiger partial charge < -0.3 is 10.8 Å². The monoisotopic (exact) mass is 231 g/mol. The third kappa shape index (κ3) is 2.19. The average Bonchev–Trinajstić information content (AvgIpc) is 2.71. The highest BCUT2D eigenvalue weighted by Gasteiger charge is 2.07. The largest absolute Gasteiger partial charge is 0.478 e. The van der Waals surface area contributed by atoms with E-state index in [4.69, 9.17) is 10.8 Å². The van der Waals surface area contributed by atoms with Crippen LogP contribution in [0.25, 0.3) is 5.69 Å². The summed E-state index contributed by atoms with van der Waals surface area (Å²) in [6, 6.07) is 6.62. The number of carboxylic acid groups (broad SMARTS) is 1. The van der Waals surface area contributed by atoms with Gasteiger partial charge in [0.05, 0.1) is 16.9 Å². The Balaban J connectivity index is 2.45. The number of aryl methyl sites for hydroxylation is 1. The molecule has 1 heterocycles. The van der Waals surface area contributed by atoms with Crippen molar-refractivity contribution in [3.8, 4) is 5.69 Å². The predicted molar refractivity (Wildman–Crippen MR) is 63.2 cm³/mol. The molecule has 0 aliphatic heterocycles. The Bertz CT molecular complexity index is 561. The Morgan fingerprint density at radius 2 is 2.29 bits per heavy atom. The zero-order valence-corrected chi connectivity index (χ0v) is 9.42. The third-order valence-electron chi connectivity index (χ3n) is 2.58. The molecule has 3 N–H and O–H groups in total. The molecular formula is C12H13N3O2. The second-order valence-corrected chi connectivity index (χ2v) is 3.74. The summed E-state index contributed by atoms with van der Waals surface area (Å²) < 4.78 is 1.64. The van der Waals surface area contributed by atoms with Crippen LogP contribution in [-0.4, -0.2) is 20.9 Å². The lowest BCUT2D eigenvalue weighted by atomic mass is 10.2. The molecule has 5 nitrogen and oxygen atoms in total. The topological polar surface area (TPSA) is 81.1 Å². The van der Waals surface area contributed by atoms with Gasteiger partial charge in [-0.15, -0.1) is 0 Å². The molecule has 0 aliphatic carbocycles. The summed E-state index contributed by atoms with van der Waals surface area (Å²) in [5, 5.41) is 13.2. The SMILES string of the molecule is Cc1nn(-c2cccc(C(=O)O)c2)cc1CN. The first kappa shape index (κ1) is 11.3. The number of hydrogen-bond donors (Lipinski definition) is 2. The highest BCUT2D eigenvalue weighted by molar-refractivity contribution is 5.88. The van der Waals surface area contributed by atoms with Gasteiger partial charge in [-0.25, -0.2) is 9.48 Å². The number of nitrogens with two attached hydrogens (primary N) is 1. The van der Waals surface area contributed by atoms with Crippen LogP contribution in [0.2, 0.25) is 0 Å². The number of carbonyl (C=O) groups is 1. The van der Waals surface area contributed by atoms with Crippen molar-refractivity contribution in [2.45, 2.75) is 13.5 Å². The van der Waals surface area contributed by atoms with Crippen LogP contribution in [0.3, 0.4) is 0 Å². The first-order valence-corrected chi connectivity index (χ1v) is 5.20. The van der Waals surface area contributed by atoms with Crippen LogP contribution in [0.4, 0.5) is 0 Å². The van der Waals surface area contributed by atoms with Gasteiger partial charge in [0.1, 0.15) is 0 Å². The number of nitrogens with zero attached hydrogens (tertiary/aromatic N) is 2. The molecule has 88 valence electrons. The highest BCUT2D eigenvalue weighted by Crippen LogP contribution is 2.13. The average molecular weight is 231 g/mol. The van der Waals surface area contributed by atoms with Crippen molar-refractivity contribution in [2.24, 2.45) is 5.73 Å². The highest BCUT2D eigenvalue weighted by atomic mass is 16.4. The number of aromatic carboxylic acids is 1. The molecule has 2 aromatic rings. The maximum absolute atomic E-state index is 10.9. The minimum atomic E-state index is -0.949. The van der Waals surface area contributed by atoms with E-state index < -0.39 is 5.97 Å². The predicted octanol–water partition coefficient (Wildman–Crippen LogP) is 1.34. The van der Waals surface area contributed by atoms with Gasteiger partial charge in [0.15, 0.2) is 0 Å². The van der Waals surface area contributed by atoms with Crippen molar-refractivity contribution in [3.05, 3.63) is 47.3 Å². The van der Waals surface area contributed by atoms with E-state index in [2.05, 4.69) is 5.10 Å². The summed E-state index contributed by atoms with van der Waals surface area (Å²) >= 11 is 0. The molecule has 0 radical (unpaired) electrons. The standard InChI is InChI=1S/C12H13N3O2/c1-8-10(6-13)7-15(14-8)11-4-2-3-9(5-11)12(16)17/h2-5,7H,6,13H2,1H3,(H,16,17). The normalized spacial score (nSPS) is 10.5. The molecule has 17 heavy (non-hydrogen) atoms. The molecule has 2 rings (SSSR count). The fourth-order valence-corrected chi connectivity index (χ4v) is 1.61. The van der Waals surface area contributed by atoms with Crippen LogP contribution in [0.1, 0.15) is 21.6 Å².